The Hall–Kier alpha value is -2.32. The number of aromatic hydroxyl groups is 1. The van der Waals surface area contributed by atoms with Gasteiger partial charge in [0.2, 0.25) is 0 Å². The first-order chi connectivity index (χ1) is 9.26. The van der Waals surface area contributed by atoms with Gasteiger partial charge in [-0.3, -0.25) is 0 Å². The minimum absolute atomic E-state index is 0.0509. The Bertz CT molecular complexity index is 732. The molecule has 3 aromatic rings. The Morgan fingerprint density at radius 1 is 0.737 bits per heavy atom. The summed E-state index contributed by atoms with van der Waals surface area (Å²) in [6, 6.07) is 19.3. The average molecular weight is 250 g/mol. The normalized spacial score (nSPS) is 10.8. The summed E-state index contributed by atoms with van der Waals surface area (Å²) in [6.45, 7) is 0.0509. The van der Waals surface area contributed by atoms with Crippen molar-refractivity contribution in [1.29, 1.82) is 0 Å². The SMILES string of the molecule is OCc1cccc(-c2ccc3cc(O)ccc3c2)c1. The molecule has 3 aromatic carbocycles. The number of phenols is 1. The van der Waals surface area contributed by atoms with E-state index in [4.69, 9.17) is 0 Å². The van der Waals surface area contributed by atoms with E-state index in [1.165, 1.54) is 0 Å². The van der Waals surface area contributed by atoms with Gasteiger partial charge in [-0.05, 0) is 51.7 Å². The second-order valence-electron chi connectivity index (χ2n) is 4.60. The zero-order valence-corrected chi connectivity index (χ0v) is 10.4. The van der Waals surface area contributed by atoms with E-state index in [-0.39, 0.29) is 12.4 Å². The fraction of sp³-hybridized carbons (Fsp3) is 0.0588. The molecule has 0 aliphatic carbocycles. The van der Waals surface area contributed by atoms with Gasteiger partial charge in [0, 0.05) is 0 Å². The molecule has 0 fully saturated rings. The van der Waals surface area contributed by atoms with E-state index in [9.17, 15) is 10.2 Å². The molecule has 0 heterocycles. The molecule has 0 spiro atoms. The summed E-state index contributed by atoms with van der Waals surface area (Å²) < 4.78 is 0. The molecule has 0 amide bonds. The molecule has 19 heavy (non-hydrogen) atoms. The minimum atomic E-state index is 0.0509. The van der Waals surface area contributed by atoms with Gasteiger partial charge in [-0.1, -0.05) is 36.4 Å². The van der Waals surface area contributed by atoms with Crippen LogP contribution in [0.5, 0.6) is 5.75 Å². The molecule has 2 nitrogen and oxygen atoms in total. The maximum absolute atomic E-state index is 9.46. The van der Waals surface area contributed by atoms with E-state index in [1.54, 1.807) is 12.1 Å². The third-order valence-corrected chi connectivity index (χ3v) is 3.27. The van der Waals surface area contributed by atoms with Crippen molar-refractivity contribution in [3.8, 4) is 16.9 Å². The van der Waals surface area contributed by atoms with Crippen LogP contribution in [0.2, 0.25) is 0 Å². The highest BCUT2D eigenvalue weighted by Gasteiger charge is 2.01. The monoisotopic (exact) mass is 250 g/mol. The third kappa shape index (κ3) is 2.30. The van der Waals surface area contributed by atoms with Crippen LogP contribution in [0.1, 0.15) is 5.56 Å². The summed E-state index contributed by atoms with van der Waals surface area (Å²) in [5.74, 6) is 0.280. The van der Waals surface area contributed by atoms with Gasteiger partial charge in [0.25, 0.3) is 0 Å². The van der Waals surface area contributed by atoms with E-state index in [0.29, 0.717) is 0 Å². The molecule has 3 rings (SSSR count). The van der Waals surface area contributed by atoms with Gasteiger partial charge >= 0.3 is 0 Å². The fourth-order valence-corrected chi connectivity index (χ4v) is 2.26. The predicted octanol–water partition coefficient (Wildman–Crippen LogP) is 3.70. The third-order valence-electron chi connectivity index (χ3n) is 3.27. The van der Waals surface area contributed by atoms with Crippen LogP contribution in [0.4, 0.5) is 0 Å². The van der Waals surface area contributed by atoms with Gasteiger partial charge in [-0.25, -0.2) is 0 Å². The molecule has 2 N–H and O–H groups in total. The van der Waals surface area contributed by atoms with Gasteiger partial charge in [0.15, 0.2) is 0 Å². The molecule has 0 atom stereocenters. The zero-order chi connectivity index (χ0) is 13.2. The molecule has 2 heteroatoms. The van der Waals surface area contributed by atoms with Gasteiger partial charge in [0.05, 0.1) is 6.61 Å². The quantitative estimate of drug-likeness (QED) is 0.728. The first-order valence-electron chi connectivity index (χ1n) is 6.19. The molecule has 0 aliphatic rings. The predicted molar refractivity (Wildman–Crippen MR) is 77.0 cm³/mol. The summed E-state index contributed by atoms with van der Waals surface area (Å²) in [5.41, 5.74) is 3.10. The van der Waals surface area contributed by atoms with Crippen LogP contribution in [-0.2, 0) is 6.61 Å². The van der Waals surface area contributed by atoms with E-state index in [1.807, 2.05) is 42.5 Å². The first-order valence-corrected chi connectivity index (χ1v) is 6.19. The lowest BCUT2D eigenvalue weighted by molar-refractivity contribution is 0.282. The highest BCUT2D eigenvalue weighted by Crippen LogP contribution is 2.27. The van der Waals surface area contributed by atoms with Crippen LogP contribution >= 0.6 is 0 Å². The molecule has 0 saturated heterocycles. The van der Waals surface area contributed by atoms with Crippen LogP contribution in [0.25, 0.3) is 21.9 Å². The average Bonchev–Trinajstić information content (AvgIpc) is 2.46. The van der Waals surface area contributed by atoms with Gasteiger partial charge in [-0.15, -0.1) is 0 Å². The maximum atomic E-state index is 9.46. The largest absolute Gasteiger partial charge is 0.508 e. The Labute approximate surface area is 111 Å². The van der Waals surface area contributed by atoms with Crippen molar-refractivity contribution < 1.29 is 10.2 Å². The Morgan fingerprint density at radius 3 is 2.32 bits per heavy atom. The smallest absolute Gasteiger partial charge is 0.116 e. The number of aliphatic hydroxyl groups is 1. The van der Waals surface area contributed by atoms with E-state index in [0.717, 1.165) is 27.5 Å². The van der Waals surface area contributed by atoms with Gasteiger partial charge in [0.1, 0.15) is 5.75 Å². The number of hydrogen-bond donors (Lipinski definition) is 2. The minimum Gasteiger partial charge on any atom is -0.508 e. The Kier molecular flexibility index (Phi) is 2.94. The topological polar surface area (TPSA) is 40.5 Å². The molecule has 94 valence electrons. The van der Waals surface area contributed by atoms with Crippen LogP contribution < -0.4 is 0 Å². The van der Waals surface area contributed by atoms with Crippen molar-refractivity contribution in [2.45, 2.75) is 6.61 Å². The van der Waals surface area contributed by atoms with E-state index < -0.39 is 0 Å². The lowest BCUT2D eigenvalue weighted by atomic mass is 10.00. The van der Waals surface area contributed by atoms with Crippen LogP contribution in [0, 0.1) is 0 Å². The summed E-state index contributed by atoms with van der Waals surface area (Å²) in [6.07, 6.45) is 0. The van der Waals surface area contributed by atoms with Gasteiger partial charge in [-0.2, -0.15) is 0 Å². The fourth-order valence-electron chi connectivity index (χ4n) is 2.26. The van der Waals surface area contributed by atoms with Crippen molar-refractivity contribution in [1.82, 2.24) is 0 Å². The molecular formula is C17H14O2. The summed E-state index contributed by atoms with van der Waals surface area (Å²) >= 11 is 0. The second kappa shape index (κ2) is 4.75. The van der Waals surface area contributed by atoms with Crippen molar-refractivity contribution in [2.24, 2.45) is 0 Å². The lowest BCUT2D eigenvalue weighted by Gasteiger charge is -2.06. The van der Waals surface area contributed by atoms with E-state index >= 15 is 0 Å². The number of phenolic OH excluding ortho intramolecular Hbond substituents is 1. The van der Waals surface area contributed by atoms with E-state index in [2.05, 4.69) is 6.07 Å². The van der Waals surface area contributed by atoms with Crippen LogP contribution in [0.15, 0.2) is 60.7 Å². The van der Waals surface area contributed by atoms with Crippen molar-refractivity contribution >= 4 is 10.8 Å². The molecule has 0 bridgehead atoms. The molecule has 0 radical (unpaired) electrons. The number of fused-ring (bicyclic) bond motifs is 1. The highest BCUT2D eigenvalue weighted by atomic mass is 16.3. The Morgan fingerprint density at radius 2 is 1.47 bits per heavy atom. The second-order valence-corrected chi connectivity index (χ2v) is 4.60. The summed E-state index contributed by atoms with van der Waals surface area (Å²) in [4.78, 5) is 0. The molecule has 0 aliphatic heterocycles. The van der Waals surface area contributed by atoms with Gasteiger partial charge < -0.3 is 10.2 Å². The lowest BCUT2D eigenvalue weighted by Crippen LogP contribution is -1.84. The van der Waals surface area contributed by atoms with Crippen molar-refractivity contribution in [3.05, 3.63) is 66.2 Å². The standard InChI is InChI=1S/C17H14O2/c18-11-12-2-1-3-13(8-12)14-4-5-16-10-17(19)7-6-15(16)9-14/h1-10,18-19H,11H2. The van der Waals surface area contributed by atoms with Crippen molar-refractivity contribution in [3.63, 3.8) is 0 Å². The number of benzene rings is 3. The number of rotatable bonds is 2. The van der Waals surface area contributed by atoms with Crippen LogP contribution in [-0.4, -0.2) is 10.2 Å². The maximum Gasteiger partial charge on any atom is 0.116 e. The number of aliphatic hydroxyl groups excluding tert-OH is 1. The number of hydrogen-bond acceptors (Lipinski definition) is 2. The zero-order valence-electron chi connectivity index (χ0n) is 10.4. The highest BCUT2D eigenvalue weighted by molar-refractivity contribution is 5.88. The first kappa shape index (κ1) is 11.8. The molecule has 0 aromatic heterocycles. The van der Waals surface area contributed by atoms with Crippen LogP contribution in [0.3, 0.4) is 0 Å². The molecular weight excluding hydrogens is 236 g/mol. The molecule has 0 saturated carbocycles. The van der Waals surface area contributed by atoms with Crippen molar-refractivity contribution in [2.75, 3.05) is 0 Å². The molecule has 0 unspecified atom stereocenters. The summed E-state index contributed by atoms with van der Waals surface area (Å²) in [5, 5.41) is 20.7. The summed E-state index contributed by atoms with van der Waals surface area (Å²) in [7, 11) is 0. The Balaban J connectivity index is 2.12.